The molecule has 1 rings (SSSR count). The molecule has 0 aliphatic heterocycles. The predicted octanol–water partition coefficient (Wildman–Crippen LogP) is 1.70. The summed E-state index contributed by atoms with van der Waals surface area (Å²) in [5.41, 5.74) is 0.624. The molecule has 5 heteroatoms. The summed E-state index contributed by atoms with van der Waals surface area (Å²) in [6.45, 7) is 2.59. The molecule has 0 saturated carbocycles. The first-order chi connectivity index (χ1) is 9.08. The summed E-state index contributed by atoms with van der Waals surface area (Å²) in [6, 6.07) is 5.76. The lowest BCUT2D eigenvalue weighted by Gasteiger charge is -2.10. The topological polar surface area (TPSA) is 44.4 Å². The van der Waals surface area contributed by atoms with Crippen molar-refractivity contribution < 1.29 is 9.18 Å². The fourth-order valence-electron chi connectivity index (χ4n) is 1.60. The number of amides is 1. The molecule has 106 valence electrons. The third-order valence-electron chi connectivity index (χ3n) is 2.62. The Kier molecular flexibility index (Phi) is 7.07. The van der Waals surface area contributed by atoms with E-state index in [4.69, 9.17) is 0 Å². The van der Waals surface area contributed by atoms with E-state index in [1.165, 1.54) is 12.1 Å². The fraction of sp³-hybridized carbons (Fsp3) is 0.500. The van der Waals surface area contributed by atoms with Crippen LogP contribution in [0, 0.1) is 5.82 Å². The molecule has 19 heavy (non-hydrogen) atoms. The van der Waals surface area contributed by atoms with Crippen LogP contribution in [-0.4, -0.2) is 44.5 Å². The van der Waals surface area contributed by atoms with Crippen LogP contribution in [-0.2, 0) is 4.79 Å². The van der Waals surface area contributed by atoms with E-state index in [-0.39, 0.29) is 11.7 Å². The van der Waals surface area contributed by atoms with E-state index in [0.717, 1.165) is 19.5 Å². The lowest BCUT2D eigenvalue weighted by molar-refractivity contribution is -0.116. The molecule has 0 unspecified atom stereocenters. The summed E-state index contributed by atoms with van der Waals surface area (Å²) >= 11 is 0. The summed E-state index contributed by atoms with van der Waals surface area (Å²) in [5.74, 6) is -0.368. The monoisotopic (exact) mass is 267 g/mol. The number of hydrogen-bond donors (Lipinski definition) is 2. The Balaban J connectivity index is 2.09. The van der Waals surface area contributed by atoms with Crippen molar-refractivity contribution >= 4 is 11.6 Å². The molecule has 1 aromatic carbocycles. The minimum atomic E-state index is -0.305. The van der Waals surface area contributed by atoms with E-state index in [2.05, 4.69) is 15.5 Å². The number of carbonyl (C=O) groups is 1. The normalized spacial score (nSPS) is 10.7. The van der Waals surface area contributed by atoms with Gasteiger partial charge in [0, 0.05) is 18.7 Å². The van der Waals surface area contributed by atoms with Crippen LogP contribution in [0.15, 0.2) is 24.3 Å². The zero-order valence-corrected chi connectivity index (χ0v) is 11.6. The maximum Gasteiger partial charge on any atom is 0.225 e. The Morgan fingerprint density at radius 3 is 2.53 bits per heavy atom. The molecule has 0 radical (unpaired) electrons. The minimum Gasteiger partial charge on any atom is -0.326 e. The Labute approximate surface area is 114 Å². The van der Waals surface area contributed by atoms with E-state index in [1.807, 2.05) is 14.1 Å². The number of anilines is 1. The van der Waals surface area contributed by atoms with E-state index in [9.17, 15) is 9.18 Å². The summed E-state index contributed by atoms with van der Waals surface area (Å²) in [4.78, 5) is 13.7. The van der Waals surface area contributed by atoms with Crippen molar-refractivity contribution in [2.75, 3.05) is 39.0 Å². The molecule has 0 aromatic heterocycles. The van der Waals surface area contributed by atoms with Gasteiger partial charge in [-0.15, -0.1) is 0 Å². The molecule has 1 aromatic rings. The van der Waals surface area contributed by atoms with Crippen LogP contribution in [0.25, 0.3) is 0 Å². The van der Waals surface area contributed by atoms with Crippen molar-refractivity contribution in [2.24, 2.45) is 0 Å². The van der Waals surface area contributed by atoms with Gasteiger partial charge in [0.2, 0.25) is 5.91 Å². The van der Waals surface area contributed by atoms with Gasteiger partial charge in [0.15, 0.2) is 0 Å². The molecule has 2 N–H and O–H groups in total. The Morgan fingerprint density at radius 2 is 1.89 bits per heavy atom. The molecule has 0 heterocycles. The minimum absolute atomic E-state index is 0.0632. The van der Waals surface area contributed by atoms with E-state index >= 15 is 0 Å². The highest BCUT2D eigenvalue weighted by Gasteiger charge is 2.02. The summed E-state index contributed by atoms with van der Waals surface area (Å²) in [5, 5.41) is 5.94. The Morgan fingerprint density at radius 1 is 1.21 bits per heavy atom. The van der Waals surface area contributed by atoms with E-state index in [0.29, 0.717) is 18.7 Å². The van der Waals surface area contributed by atoms with Crippen LogP contribution in [0.2, 0.25) is 0 Å². The zero-order valence-electron chi connectivity index (χ0n) is 11.6. The number of hydrogen-bond acceptors (Lipinski definition) is 3. The first-order valence-corrected chi connectivity index (χ1v) is 6.49. The van der Waals surface area contributed by atoms with Gasteiger partial charge in [0.1, 0.15) is 5.82 Å². The van der Waals surface area contributed by atoms with Gasteiger partial charge in [0.25, 0.3) is 0 Å². The highest BCUT2D eigenvalue weighted by molar-refractivity contribution is 5.90. The first-order valence-electron chi connectivity index (χ1n) is 6.49. The largest absolute Gasteiger partial charge is 0.326 e. The third kappa shape index (κ3) is 7.54. The second kappa shape index (κ2) is 8.61. The first kappa shape index (κ1) is 15.6. The average molecular weight is 267 g/mol. The molecule has 0 spiro atoms. The summed E-state index contributed by atoms with van der Waals surface area (Å²) in [7, 11) is 4.08. The van der Waals surface area contributed by atoms with Crippen LogP contribution in [0.3, 0.4) is 0 Å². The molecule has 0 bridgehead atoms. The SMILES string of the molecule is CN(C)CCCNCCC(=O)Nc1ccc(F)cc1. The second-order valence-electron chi connectivity index (χ2n) is 4.71. The molecular formula is C14H22FN3O. The maximum atomic E-state index is 12.7. The number of rotatable bonds is 8. The van der Waals surface area contributed by atoms with E-state index < -0.39 is 0 Å². The molecule has 0 fully saturated rings. The van der Waals surface area contributed by atoms with E-state index in [1.54, 1.807) is 12.1 Å². The van der Waals surface area contributed by atoms with Gasteiger partial charge < -0.3 is 15.5 Å². The van der Waals surface area contributed by atoms with Gasteiger partial charge in [-0.3, -0.25) is 4.79 Å². The smallest absolute Gasteiger partial charge is 0.225 e. The van der Waals surface area contributed by atoms with Crippen LogP contribution in [0.1, 0.15) is 12.8 Å². The van der Waals surface area contributed by atoms with Gasteiger partial charge in [-0.25, -0.2) is 4.39 Å². The molecular weight excluding hydrogens is 245 g/mol. The lowest BCUT2D eigenvalue weighted by atomic mass is 10.3. The van der Waals surface area contributed by atoms with Crippen LogP contribution < -0.4 is 10.6 Å². The lowest BCUT2D eigenvalue weighted by Crippen LogP contribution is -2.25. The van der Waals surface area contributed by atoms with Gasteiger partial charge >= 0.3 is 0 Å². The van der Waals surface area contributed by atoms with Crippen molar-refractivity contribution in [3.8, 4) is 0 Å². The van der Waals surface area contributed by atoms with Crippen molar-refractivity contribution in [1.29, 1.82) is 0 Å². The number of nitrogens with one attached hydrogen (secondary N) is 2. The van der Waals surface area contributed by atoms with Gasteiger partial charge in [0.05, 0.1) is 0 Å². The van der Waals surface area contributed by atoms with Crippen molar-refractivity contribution in [3.05, 3.63) is 30.1 Å². The van der Waals surface area contributed by atoms with Crippen molar-refractivity contribution in [2.45, 2.75) is 12.8 Å². The standard InChI is InChI=1S/C14H22FN3O/c1-18(2)11-3-9-16-10-8-14(19)17-13-6-4-12(15)5-7-13/h4-7,16H,3,8-11H2,1-2H3,(H,17,19). The number of halogens is 1. The molecule has 4 nitrogen and oxygen atoms in total. The average Bonchev–Trinajstić information content (AvgIpc) is 2.36. The summed E-state index contributed by atoms with van der Waals surface area (Å²) in [6.07, 6.45) is 1.48. The number of nitrogens with zero attached hydrogens (tertiary/aromatic N) is 1. The zero-order chi connectivity index (χ0) is 14.1. The quantitative estimate of drug-likeness (QED) is 0.705. The number of benzene rings is 1. The molecule has 0 saturated heterocycles. The predicted molar refractivity (Wildman–Crippen MR) is 75.7 cm³/mol. The highest BCUT2D eigenvalue weighted by Crippen LogP contribution is 2.08. The molecule has 0 aliphatic rings. The fourth-order valence-corrected chi connectivity index (χ4v) is 1.60. The van der Waals surface area contributed by atoms with Crippen LogP contribution in [0.4, 0.5) is 10.1 Å². The third-order valence-corrected chi connectivity index (χ3v) is 2.62. The Bertz CT molecular complexity index is 379. The van der Waals surface area contributed by atoms with Crippen LogP contribution in [0.5, 0.6) is 0 Å². The molecule has 0 atom stereocenters. The Hall–Kier alpha value is -1.46. The number of carbonyl (C=O) groups excluding carboxylic acids is 1. The van der Waals surface area contributed by atoms with Crippen molar-refractivity contribution in [1.82, 2.24) is 10.2 Å². The van der Waals surface area contributed by atoms with Crippen molar-refractivity contribution in [3.63, 3.8) is 0 Å². The van der Waals surface area contributed by atoms with Crippen LogP contribution >= 0.6 is 0 Å². The maximum absolute atomic E-state index is 12.7. The van der Waals surface area contributed by atoms with Gasteiger partial charge in [-0.2, -0.15) is 0 Å². The summed E-state index contributed by atoms with van der Waals surface area (Å²) < 4.78 is 12.7. The molecule has 1 amide bonds. The van der Waals surface area contributed by atoms with Gasteiger partial charge in [-0.05, 0) is 57.9 Å². The van der Waals surface area contributed by atoms with Gasteiger partial charge in [-0.1, -0.05) is 0 Å². The molecule has 0 aliphatic carbocycles. The highest BCUT2D eigenvalue weighted by atomic mass is 19.1. The second-order valence-corrected chi connectivity index (χ2v) is 4.71.